The highest BCUT2D eigenvalue weighted by atomic mass is 32.1. The van der Waals surface area contributed by atoms with Gasteiger partial charge in [0.25, 0.3) is 0 Å². The van der Waals surface area contributed by atoms with E-state index in [1.807, 2.05) is 11.3 Å². The van der Waals surface area contributed by atoms with Gasteiger partial charge in [-0.15, -0.1) is 11.3 Å². The first-order valence-corrected chi connectivity index (χ1v) is 16.4. The lowest BCUT2D eigenvalue weighted by atomic mass is 9.88. The predicted octanol–water partition coefficient (Wildman–Crippen LogP) is 13.0. The van der Waals surface area contributed by atoms with Crippen LogP contribution in [-0.2, 0) is 0 Å². The fraction of sp³-hybridized carbons (Fsp3) is 0. The Morgan fingerprint density at radius 3 is 1.63 bits per heavy atom. The molecule has 0 radical (unpaired) electrons. The Bertz CT molecular complexity index is 2390. The van der Waals surface area contributed by atoms with Gasteiger partial charge >= 0.3 is 0 Å². The van der Waals surface area contributed by atoms with Crippen LogP contribution in [0.5, 0.6) is 11.5 Å². The molecule has 0 saturated carbocycles. The van der Waals surface area contributed by atoms with Crippen LogP contribution >= 0.6 is 11.3 Å². The predicted molar refractivity (Wildman–Crippen MR) is 195 cm³/mol. The number of thiophene rings is 1. The first-order valence-electron chi connectivity index (χ1n) is 15.6. The maximum Gasteiger partial charge on any atom is 0.135 e. The van der Waals surface area contributed by atoms with Crippen LogP contribution in [0.25, 0.3) is 76.2 Å². The highest BCUT2D eigenvalue weighted by molar-refractivity contribution is 7.18. The van der Waals surface area contributed by atoms with Crippen molar-refractivity contribution in [2.75, 3.05) is 0 Å². The SMILES string of the molecule is c1ccc(-c2ccccc2-c2ccccc2-c2ccccc2-c2ccc(-c3ccc4c(c3)-c3cccc5cccc(c35)O4)s2)cc1. The fourth-order valence-corrected chi connectivity index (χ4v) is 7.87. The Morgan fingerprint density at radius 1 is 0.326 bits per heavy atom. The number of fused-ring (bicyclic) bond motifs is 2. The summed E-state index contributed by atoms with van der Waals surface area (Å²) in [5, 5.41) is 2.38. The van der Waals surface area contributed by atoms with Crippen LogP contribution in [-0.4, -0.2) is 0 Å². The standard InChI is InChI=1S/C44H28OS/c1-2-12-29(13-3-1)32-16-4-5-17-33(32)34-18-6-7-19-35(34)36-20-8-9-21-37(36)43-27-26-42(46-43)31-24-25-40-39(28-31)38-22-10-14-30-15-11-23-41(45-40)44(30)38/h1-28H. The summed E-state index contributed by atoms with van der Waals surface area (Å²) in [6.07, 6.45) is 0. The van der Waals surface area contributed by atoms with Gasteiger partial charge in [-0.25, -0.2) is 0 Å². The van der Waals surface area contributed by atoms with Crippen LogP contribution < -0.4 is 4.74 Å². The Labute approximate surface area is 272 Å². The monoisotopic (exact) mass is 604 g/mol. The molecule has 1 aromatic heterocycles. The number of ether oxygens (including phenoxy) is 1. The summed E-state index contributed by atoms with van der Waals surface area (Å²) in [7, 11) is 0. The van der Waals surface area contributed by atoms with Crippen molar-refractivity contribution < 1.29 is 4.74 Å². The quantitative estimate of drug-likeness (QED) is 0.190. The van der Waals surface area contributed by atoms with E-state index in [9.17, 15) is 0 Å². The second-order valence-electron chi connectivity index (χ2n) is 11.6. The minimum Gasteiger partial charge on any atom is -0.456 e. The second-order valence-corrected chi connectivity index (χ2v) is 12.7. The average molecular weight is 605 g/mol. The lowest BCUT2D eigenvalue weighted by molar-refractivity contribution is 0.487. The van der Waals surface area contributed by atoms with Gasteiger partial charge in [-0.1, -0.05) is 133 Å². The summed E-state index contributed by atoms with van der Waals surface area (Å²) in [4.78, 5) is 2.49. The van der Waals surface area contributed by atoms with Gasteiger partial charge < -0.3 is 4.74 Å². The first kappa shape index (κ1) is 26.7. The molecule has 1 aliphatic rings. The van der Waals surface area contributed by atoms with E-state index in [4.69, 9.17) is 4.74 Å². The summed E-state index contributed by atoms with van der Waals surface area (Å²) < 4.78 is 6.37. The molecule has 0 spiro atoms. The Morgan fingerprint density at radius 2 is 0.891 bits per heavy atom. The van der Waals surface area contributed by atoms with Crippen LogP contribution in [0.4, 0.5) is 0 Å². The molecular formula is C44H28OS. The lowest BCUT2D eigenvalue weighted by Gasteiger charge is -2.21. The fourth-order valence-electron chi connectivity index (χ4n) is 6.83. The van der Waals surface area contributed by atoms with Crippen molar-refractivity contribution in [1.82, 2.24) is 0 Å². The molecule has 46 heavy (non-hydrogen) atoms. The molecule has 0 unspecified atom stereocenters. The zero-order valence-corrected chi connectivity index (χ0v) is 25.8. The summed E-state index contributed by atoms with van der Waals surface area (Å²) in [6.45, 7) is 0. The molecule has 7 aromatic carbocycles. The van der Waals surface area contributed by atoms with Crippen LogP contribution in [0.1, 0.15) is 0 Å². The van der Waals surface area contributed by atoms with E-state index in [0.29, 0.717) is 0 Å². The van der Waals surface area contributed by atoms with Gasteiger partial charge in [-0.3, -0.25) is 0 Å². The van der Waals surface area contributed by atoms with Crippen molar-refractivity contribution in [2.45, 2.75) is 0 Å². The number of benzene rings is 7. The largest absolute Gasteiger partial charge is 0.456 e. The summed E-state index contributed by atoms with van der Waals surface area (Å²) >= 11 is 1.84. The van der Waals surface area contributed by atoms with Crippen LogP contribution in [0.15, 0.2) is 170 Å². The van der Waals surface area contributed by atoms with Gasteiger partial charge in [0.05, 0.1) is 0 Å². The average Bonchev–Trinajstić information content (AvgIpc) is 3.63. The smallest absolute Gasteiger partial charge is 0.135 e. The van der Waals surface area contributed by atoms with E-state index >= 15 is 0 Å². The normalized spacial score (nSPS) is 11.7. The highest BCUT2D eigenvalue weighted by Crippen LogP contribution is 2.49. The summed E-state index contributed by atoms with van der Waals surface area (Å²) in [6, 6.07) is 60.9. The van der Waals surface area contributed by atoms with Gasteiger partial charge in [-0.05, 0) is 91.9 Å². The Kier molecular flexibility index (Phi) is 6.40. The zero-order chi connectivity index (χ0) is 30.5. The van der Waals surface area contributed by atoms with E-state index in [1.54, 1.807) is 0 Å². The van der Waals surface area contributed by atoms with Gasteiger partial charge in [0.2, 0.25) is 0 Å². The Hall–Kier alpha value is -5.70. The number of rotatable bonds is 5. The number of hydrogen-bond acceptors (Lipinski definition) is 2. The van der Waals surface area contributed by atoms with Crippen molar-refractivity contribution in [3.05, 3.63) is 170 Å². The van der Waals surface area contributed by atoms with Crippen LogP contribution in [0, 0.1) is 0 Å². The van der Waals surface area contributed by atoms with E-state index in [-0.39, 0.29) is 0 Å². The van der Waals surface area contributed by atoms with Gasteiger partial charge in [0, 0.05) is 20.7 Å². The molecule has 0 N–H and O–H groups in total. The molecule has 0 fully saturated rings. The molecule has 216 valence electrons. The minimum atomic E-state index is 0.907. The molecule has 0 saturated heterocycles. The second kappa shape index (κ2) is 11.0. The van der Waals surface area contributed by atoms with E-state index in [1.165, 1.54) is 70.6 Å². The van der Waals surface area contributed by atoms with Crippen LogP contribution in [0.2, 0.25) is 0 Å². The molecule has 8 aromatic rings. The summed E-state index contributed by atoms with van der Waals surface area (Å²) in [5.74, 6) is 1.83. The molecule has 1 aliphatic heterocycles. The maximum atomic E-state index is 6.37. The summed E-state index contributed by atoms with van der Waals surface area (Å²) in [5.41, 5.74) is 12.2. The van der Waals surface area contributed by atoms with Gasteiger partial charge in [0.15, 0.2) is 0 Å². The van der Waals surface area contributed by atoms with Crippen molar-refractivity contribution in [3.63, 3.8) is 0 Å². The molecule has 0 bridgehead atoms. The van der Waals surface area contributed by atoms with Crippen molar-refractivity contribution in [3.8, 4) is 76.9 Å². The zero-order valence-electron chi connectivity index (χ0n) is 25.0. The maximum absolute atomic E-state index is 6.37. The van der Waals surface area contributed by atoms with Gasteiger partial charge in [-0.2, -0.15) is 0 Å². The first-order chi connectivity index (χ1) is 22.8. The highest BCUT2D eigenvalue weighted by Gasteiger charge is 2.21. The third-order valence-electron chi connectivity index (χ3n) is 8.96. The molecule has 9 rings (SSSR count). The molecule has 2 heterocycles. The Balaban J connectivity index is 1.13. The van der Waals surface area contributed by atoms with Gasteiger partial charge in [0.1, 0.15) is 11.5 Å². The molecule has 1 nitrogen and oxygen atoms in total. The molecule has 0 atom stereocenters. The minimum absolute atomic E-state index is 0.907. The molecule has 2 heteroatoms. The number of hydrogen-bond donors (Lipinski definition) is 0. The molecule has 0 aliphatic carbocycles. The van der Waals surface area contributed by atoms with Crippen LogP contribution in [0.3, 0.4) is 0 Å². The molecular weight excluding hydrogens is 577 g/mol. The lowest BCUT2D eigenvalue weighted by Crippen LogP contribution is -1.97. The van der Waals surface area contributed by atoms with Crippen molar-refractivity contribution in [2.24, 2.45) is 0 Å². The van der Waals surface area contributed by atoms with E-state index in [0.717, 1.165) is 17.1 Å². The van der Waals surface area contributed by atoms with Crippen molar-refractivity contribution in [1.29, 1.82) is 0 Å². The molecule has 0 amide bonds. The van der Waals surface area contributed by atoms with Crippen molar-refractivity contribution >= 4 is 22.1 Å². The third kappa shape index (κ3) is 4.46. The topological polar surface area (TPSA) is 9.23 Å². The van der Waals surface area contributed by atoms with E-state index < -0.39 is 0 Å². The third-order valence-corrected chi connectivity index (χ3v) is 10.1. The van der Waals surface area contributed by atoms with E-state index in [2.05, 4.69) is 170 Å².